The predicted octanol–water partition coefficient (Wildman–Crippen LogP) is 2.37. The van der Waals surface area contributed by atoms with Crippen LogP contribution < -0.4 is 5.32 Å². The van der Waals surface area contributed by atoms with Gasteiger partial charge in [-0.25, -0.2) is 0 Å². The molecule has 0 radical (unpaired) electrons. The van der Waals surface area contributed by atoms with E-state index in [4.69, 9.17) is 0 Å². The number of carbonyl (C=O) groups excluding carboxylic acids is 1. The summed E-state index contributed by atoms with van der Waals surface area (Å²) >= 11 is 0. The summed E-state index contributed by atoms with van der Waals surface area (Å²) in [4.78, 5) is 15.0. The maximum absolute atomic E-state index is 12.5. The zero-order valence-corrected chi connectivity index (χ0v) is 12.5. The normalized spacial score (nSPS) is 27.0. The van der Waals surface area contributed by atoms with E-state index < -0.39 is 0 Å². The lowest BCUT2D eigenvalue weighted by atomic mass is 9.84. The molecule has 4 heteroatoms. The Labute approximate surface area is 129 Å². The molecule has 3 aliphatic heterocycles. The molecule has 0 saturated carbocycles. The van der Waals surface area contributed by atoms with Gasteiger partial charge < -0.3 is 15.3 Å². The second kappa shape index (κ2) is 5.29. The van der Waals surface area contributed by atoms with Crippen molar-refractivity contribution >= 4 is 16.7 Å². The molecule has 2 aromatic carbocycles. The Morgan fingerprint density at radius 2 is 1.86 bits per heavy atom. The molecule has 2 N–H and O–H groups in total. The third-order valence-electron chi connectivity index (χ3n) is 5.06. The number of benzene rings is 2. The number of nitrogens with zero attached hydrogens (tertiary/aromatic N) is 1. The molecule has 2 aromatic rings. The van der Waals surface area contributed by atoms with Crippen LogP contribution in [0.3, 0.4) is 0 Å². The van der Waals surface area contributed by atoms with Crippen molar-refractivity contribution in [1.82, 2.24) is 10.2 Å². The van der Waals surface area contributed by atoms with Crippen molar-refractivity contribution in [1.29, 1.82) is 0 Å². The van der Waals surface area contributed by atoms with Gasteiger partial charge in [0.25, 0.3) is 5.91 Å². The lowest BCUT2D eigenvalue weighted by Gasteiger charge is -2.44. The number of nitrogens with one attached hydrogen (secondary N) is 1. The molecule has 1 atom stereocenters. The first kappa shape index (κ1) is 13.6. The minimum Gasteiger partial charge on any atom is -0.508 e. The van der Waals surface area contributed by atoms with Crippen LogP contribution in [0.25, 0.3) is 10.8 Å². The Morgan fingerprint density at radius 1 is 1.09 bits per heavy atom. The minimum absolute atomic E-state index is 0.0102. The Hall–Kier alpha value is -2.07. The first-order valence-corrected chi connectivity index (χ1v) is 7.95. The number of phenols is 1. The Balaban J connectivity index is 1.55. The number of phenolic OH excluding ortho intramolecular Hbond substituents is 1. The van der Waals surface area contributed by atoms with Crippen molar-refractivity contribution < 1.29 is 9.90 Å². The van der Waals surface area contributed by atoms with Gasteiger partial charge in [-0.15, -0.1) is 0 Å². The highest BCUT2D eigenvalue weighted by molar-refractivity contribution is 5.99. The van der Waals surface area contributed by atoms with Crippen molar-refractivity contribution in [3.05, 3.63) is 42.0 Å². The highest BCUT2D eigenvalue weighted by atomic mass is 16.3. The molecule has 1 unspecified atom stereocenters. The van der Waals surface area contributed by atoms with Crippen LogP contribution in [0.4, 0.5) is 0 Å². The van der Waals surface area contributed by atoms with E-state index in [0.29, 0.717) is 11.5 Å². The molecular formula is C18H20N2O2. The number of rotatable bonds is 2. The van der Waals surface area contributed by atoms with Crippen molar-refractivity contribution in [2.45, 2.75) is 18.9 Å². The fourth-order valence-corrected chi connectivity index (χ4v) is 3.76. The Morgan fingerprint density at radius 3 is 2.59 bits per heavy atom. The fraction of sp³-hybridized carbons (Fsp3) is 0.389. The fourth-order valence-electron chi connectivity index (χ4n) is 3.76. The number of hydrogen-bond donors (Lipinski definition) is 2. The molecule has 0 aliphatic carbocycles. The van der Waals surface area contributed by atoms with Gasteiger partial charge in [0.2, 0.25) is 0 Å². The molecular weight excluding hydrogens is 276 g/mol. The number of aromatic hydroxyl groups is 1. The smallest absolute Gasteiger partial charge is 0.251 e. The molecule has 3 fully saturated rings. The first-order chi connectivity index (χ1) is 10.7. The van der Waals surface area contributed by atoms with Crippen LogP contribution in [0.1, 0.15) is 23.2 Å². The van der Waals surface area contributed by atoms with Gasteiger partial charge in [-0.05, 0) is 66.9 Å². The summed E-state index contributed by atoms with van der Waals surface area (Å²) in [5, 5.41) is 14.7. The second-order valence-corrected chi connectivity index (χ2v) is 6.46. The van der Waals surface area contributed by atoms with Crippen molar-refractivity contribution in [3.8, 4) is 5.75 Å². The second-order valence-electron chi connectivity index (χ2n) is 6.46. The van der Waals surface area contributed by atoms with Crippen LogP contribution in [-0.4, -0.2) is 41.6 Å². The van der Waals surface area contributed by atoms with Gasteiger partial charge in [0.1, 0.15) is 5.75 Å². The number of piperidine rings is 3. The summed E-state index contributed by atoms with van der Waals surface area (Å²) in [7, 11) is 0. The molecule has 1 amide bonds. The van der Waals surface area contributed by atoms with E-state index >= 15 is 0 Å². The highest BCUT2D eigenvalue weighted by Crippen LogP contribution is 2.28. The molecule has 22 heavy (non-hydrogen) atoms. The summed E-state index contributed by atoms with van der Waals surface area (Å²) in [5.41, 5.74) is 0.662. The standard InChI is InChI=1S/C18H20N2O2/c21-16-4-3-12-1-2-14(9-15(12)10-16)18(22)19-17-11-20-7-5-13(17)6-8-20/h1-4,9-10,13,17,21H,5-8,11H2,(H,19,22). The van der Waals surface area contributed by atoms with E-state index in [1.54, 1.807) is 12.1 Å². The maximum Gasteiger partial charge on any atom is 0.251 e. The number of amides is 1. The topological polar surface area (TPSA) is 52.6 Å². The summed E-state index contributed by atoms with van der Waals surface area (Å²) in [6.07, 6.45) is 2.38. The van der Waals surface area contributed by atoms with Crippen LogP contribution in [0.2, 0.25) is 0 Å². The quantitative estimate of drug-likeness (QED) is 0.894. The van der Waals surface area contributed by atoms with Gasteiger partial charge in [0, 0.05) is 18.2 Å². The van der Waals surface area contributed by atoms with Gasteiger partial charge in [0.05, 0.1) is 0 Å². The number of hydrogen-bond acceptors (Lipinski definition) is 3. The summed E-state index contributed by atoms with van der Waals surface area (Å²) in [5.74, 6) is 0.838. The molecule has 3 heterocycles. The van der Waals surface area contributed by atoms with E-state index in [9.17, 15) is 9.90 Å². The number of fused-ring (bicyclic) bond motifs is 4. The van der Waals surface area contributed by atoms with Crippen molar-refractivity contribution in [3.63, 3.8) is 0 Å². The van der Waals surface area contributed by atoms with E-state index in [0.717, 1.165) is 17.3 Å². The average molecular weight is 296 g/mol. The molecule has 114 valence electrons. The molecule has 4 nitrogen and oxygen atoms in total. The largest absolute Gasteiger partial charge is 0.508 e. The van der Waals surface area contributed by atoms with Gasteiger partial charge >= 0.3 is 0 Å². The zero-order chi connectivity index (χ0) is 15.1. The number of carbonyl (C=O) groups is 1. The average Bonchev–Trinajstić information content (AvgIpc) is 2.55. The van der Waals surface area contributed by atoms with Crippen LogP contribution in [0.5, 0.6) is 5.75 Å². The molecule has 3 aliphatic rings. The molecule has 5 rings (SSSR count). The molecule has 2 bridgehead atoms. The van der Waals surface area contributed by atoms with Crippen molar-refractivity contribution in [2.24, 2.45) is 5.92 Å². The van der Waals surface area contributed by atoms with Crippen LogP contribution >= 0.6 is 0 Å². The van der Waals surface area contributed by atoms with E-state index in [1.165, 1.54) is 25.9 Å². The summed E-state index contributed by atoms with van der Waals surface area (Å²) in [6, 6.07) is 11.1. The van der Waals surface area contributed by atoms with Crippen LogP contribution in [-0.2, 0) is 0 Å². The summed E-state index contributed by atoms with van der Waals surface area (Å²) in [6.45, 7) is 3.32. The third kappa shape index (κ3) is 2.44. The van der Waals surface area contributed by atoms with Gasteiger partial charge in [-0.2, -0.15) is 0 Å². The van der Waals surface area contributed by atoms with Gasteiger partial charge in [-0.3, -0.25) is 4.79 Å². The minimum atomic E-state index is -0.0102. The SMILES string of the molecule is O=C(NC1CN2CCC1CC2)c1ccc2ccc(O)cc2c1. The Kier molecular flexibility index (Phi) is 3.26. The lowest BCUT2D eigenvalue weighted by molar-refractivity contribution is 0.0620. The maximum atomic E-state index is 12.5. The molecule has 0 spiro atoms. The van der Waals surface area contributed by atoms with Crippen LogP contribution in [0.15, 0.2) is 36.4 Å². The van der Waals surface area contributed by atoms with E-state index in [-0.39, 0.29) is 17.7 Å². The van der Waals surface area contributed by atoms with Gasteiger partial charge in [-0.1, -0.05) is 12.1 Å². The molecule has 0 aromatic heterocycles. The van der Waals surface area contributed by atoms with Crippen molar-refractivity contribution in [2.75, 3.05) is 19.6 Å². The lowest BCUT2D eigenvalue weighted by Crippen LogP contribution is -2.57. The summed E-state index contributed by atoms with van der Waals surface area (Å²) < 4.78 is 0. The third-order valence-corrected chi connectivity index (χ3v) is 5.06. The first-order valence-electron chi connectivity index (χ1n) is 7.95. The zero-order valence-electron chi connectivity index (χ0n) is 12.5. The predicted molar refractivity (Wildman–Crippen MR) is 86.0 cm³/mol. The van der Waals surface area contributed by atoms with Crippen LogP contribution in [0, 0.1) is 5.92 Å². The highest BCUT2D eigenvalue weighted by Gasteiger charge is 2.34. The van der Waals surface area contributed by atoms with Gasteiger partial charge in [0.15, 0.2) is 0 Å². The van der Waals surface area contributed by atoms with E-state index in [1.807, 2.05) is 24.3 Å². The Bertz CT molecular complexity index is 720. The van der Waals surface area contributed by atoms with E-state index in [2.05, 4.69) is 10.2 Å². The monoisotopic (exact) mass is 296 g/mol. The molecule has 3 saturated heterocycles.